The lowest BCUT2D eigenvalue weighted by Crippen LogP contribution is -2.06. The van der Waals surface area contributed by atoms with E-state index in [4.69, 9.17) is 16.3 Å². The van der Waals surface area contributed by atoms with Crippen molar-refractivity contribution in [3.63, 3.8) is 0 Å². The molecule has 0 fully saturated rings. The van der Waals surface area contributed by atoms with Gasteiger partial charge in [-0.3, -0.25) is 9.78 Å². The highest BCUT2D eigenvalue weighted by atomic mass is 35.5. The van der Waals surface area contributed by atoms with Gasteiger partial charge in [0.1, 0.15) is 0 Å². The Morgan fingerprint density at radius 3 is 2.87 bits per heavy atom. The highest BCUT2D eigenvalue weighted by Crippen LogP contribution is 2.32. The monoisotopic (exact) mass is 228 g/mol. The van der Waals surface area contributed by atoms with Gasteiger partial charge in [-0.15, -0.1) is 0 Å². The fraction of sp³-hybridized carbons (Fsp3) is 0.400. The van der Waals surface area contributed by atoms with Crippen molar-refractivity contribution in [1.29, 1.82) is 0 Å². The number of anilines is 1. The molecule has 15 heavy (non-hydrogen) atoms. The lowest BCUT2D eigenvalue weighted by Gasteiger charge is -2.16. The Kier molecular flexibility index (Phi) is 4.05. The number of aromatic nitrogens is 1. The van der Waals surface area contributed by atoms with Gasteiger partial charge in [-0.2, -0.15) is 0 Å². The minimum atomic E-state index is -0.193. The standard InChI is InChI=1S/C10H13ClN2O2/c1-6-10(11)9(7(2)15-3)8(4-12-6)13-5-14/h4-5,7H,1-3H3,(H,13,14). The molecule has 1 atom stereocenters. The Labute approximate surface area is 93.6 Å². The molecule has 0 spiro atoms. The smallest absolute Gasteiger partial charge is 0.211 e. The third-order valence-electron chi connectivity index (χ3n) is 2.21. The lowest BCUT2D eigenvalue weighted by atomic mass is 10.1. The van der Waals surface area contributed by atoms with Gasteiger partial charge in [0.25, 0.3) is 0 Å². The molecule has 0 aliphatic heterocycles. The molecule has 0 aliphatic carbocycles. The normalized spacial score (nSPS) is 12.3. The van der Waals surface area contributed by atoms with Crippen LogP contribution in [0.3, 0.4) is 0 Å². The molecule has 0 radical (unpaired) electrons. The van der Waals surface area contributed by atoms with Crippen LogP contribution in [0, 0.1) is 6.92 Å². The number of methoxy groups -OCH3 is 1. The summed E-state index contributed by atoms with van der Waals surface area (Å²) in [5.74, 6) is 0. The minimum absolute atomic E-state index is 0.193. The maximum atomic E-state index is 10.4. The van der Waals surface area contributed by atoms with Gasteiger partial charge < -0.3 is 10.1 Å². The molecule has 1 aromatic rings. The van der Waals surface area contributed by atoms with Crippen molar-refractivity contribution < 1.29 is 9.53 Å². The largest absolute Gasteiger partial charge is 0.377 e. The SMILES string of the molecule is COC(C)c1c(NC=O)cnc(C)c1Cl. The van der Waals surface area contributed by atoms with Crippen LogP contribution >= 0.6 is 11.6 Å². The maximum Gasteiger partial charge on any atom is 0.211 e. The molecule has 1 heterocycles. The summed E-state index contributed by atoms with van der Waals surface area (Å²) in [7, 11) is 1.58. The molecule has 5 heteroatoms. The van der Waals surface area contributed by atoms with Crippen LogP contribution in [-0.4, -0.2) is 18.5 Å². The zero-order valence-electron chi connectivity index (χ0n) is 8.87. The fourth-order valence-electron chi connectivity index (χ4n) is 1.29. The van der Waals surface area contributed by atoms with E-state index in [0.29, 0.717) is 22.8 Å². The summed E-state index contributed by atoms with van der Waals surface area (Å²) in [6.45, 7) is 3.66. The van der Waals surface area contributed by atoms with Crippen molar-refractivity contribution in [2.45, 2.75) is 20.0 Å². The Bertz CT molecular complexity index is 369. The van der Waals surface area contributed by atoms with Gasteiger partial charge in [0.15, 0.2) is 0 Å². The predicted molar refractivity (Wildman–Crippen MR) is 59.1 cm³/mol. The van der Waals surface area contributed by atoms with E-state index in [-0.39, 0.29) is 6.10 Å². The molecule has 1 N–H and O–H groups in total. The Morgan fingerprint density at radius 2 is 2.33 bits per heavy atom. The number of amides is 1. The minimum Gasteiger partial charge on any atom is -0.377 e. The van der Waals surface area contributed by atoms with Crippen LogP contribution in [0.4, 0.5) is 5.69 Å². The first-order chi connectivity index (χ1) is 7.11. The number of hydrogen-bond donors (Lipinski definition) is 1. The molecule has 4 nitrogen and oxygen atoms in total. The van der Waals surface area contributed by atoms with E-state index in [0.717, 1.165) is 5.56 Å². The molecule has 0 bridgehead atoms. The molecule has 1 amide bonds. The lowest BCUT2D eigenvalue weighted by molar-refractivity contribution is -0.105. The van der Waals surface area contributed by atoms with Gasteiger partial charge >= 0.3 is 0 Å². The summed E-state index contributed by atoms with van der Waals surface area (Å²) in [6, 6.07) is 0. The number of ether oxygens (including phenoxy) is 1. The first kappa shape index (κ1) is 11.9. The quantitative estimate of drug-likeness (QED) is 0.805. The molecule has 1 unspecified atom stereocenters. The first-order valence-electron chi connectivity index (χ1n) is 4.49. The number of carbonyl (C=O) groups is 1. The zero-order chi connectivity index (χ0) is 11.4. The van der Waals surface area contributed by atoms with Crippen molar-refractivity contribution in [2.75, 3.05) is 12.4 Å². The van der Waals surface area contributed by atoms with Crippen molar-refractivity contribution in [1.82, 2.24) is 4.98 Å². The predicted octanol–water partition coefficient (Wildman–Crippen LogP) is 2.32. The summed E-state index contributed by atoms with van der Waals surface area (Å²) in [5.41, 5.74) is 2.04. The maximum absolute atomic E-state index is 10.4. The first-order valence-corrected chi connectivity index (χ1v) is 4.87. The van der Waals surface area contributed by atoms with Crippen molar-refractivity contribution in [3.8, 4) is 0 Å². The average molecular weight is 229 g/mol. The molecule has 1 rings (SSSR count). The molecule has 0 aromatic carbocycles. The van der Waals surface area contributed by atoms with Gasteiger partial charge in [-0.05, 0) is 13.8 Å². The second-order valence-electron chi connectivity index (χ2n) is 3.13. The van der Waals surface area contributed by atoms with E-state index in [1.807, 2.05) is 6.92 Å². The number of aryl methyl sites for hydroxylation is 1. The van der Waals surface area contributed by atoms with Crippen molar-refractivity contribution in [3.05, 3.63) is 22.5 Å². The number of rotatable bonds is 4. The summed E-state index contributed by atoms with van der Waals surface area (Å²) in [6.07, 6.45) is 1.97. The summed E-state index contributed by atoms with van der Waals surface area (Å²) in [5, 5.41) is 3.08. The van der Waals surface area contributed by atoms with E-state index in [2.05, 4.69) is 10.3 Å². The van der Waals surface area contributed by atoms with Gasteiger partial charge in [0, 0.05) is 12.7 Å². The Hall–Kier alpha value is -1.13. The highest BCUT2D eigenvalue weighted by Gasteiger charge is 2.16. The van der Waals surface area contributed by atoms with E-state index in [1.54, 1.807) is 20.2 Å². The van der Waals surface area contributed by atoms with Gasteiger partial charge in [0.05, 0.1) is 28.7 Å². The average Bonchev–Trinajstić information content (AvgIpc) is 2.23. The van der Waals surface area contributed by atoms with Gasteiger partial charge in [-0.1, -0.05) is 11.6 Å². The van der Waals surface area contributed by atoms with Crippen LogP contribution in [0.5, 0.6) is 0 Å². The summed E-state index contributed by atoms with van der Waals surface area (Å²) >= 11 is 6.11. The second-order valence-corrected chi connectivity index (χ2v) is 3.50. The topological polar surface area (TPSA) is 51.2 Å². The number of pyridine rings is 1. The van der Waals surface area contributed by atoms with E-state index < -0.39 is 0 Å². The molecule has 1 aromatic heterocycles. The molecular weight excluding hydrogens is 216 g/mol. The number of carbonyl (C=O) groups excluding carboxylic acids is 1. The second kappa shape index (κ2) is 5.09. The van der Waals surface area contributed by atoms with Crippen LogP contribution in [0.1, 0.15) is 24.3 Å². The number of hydrogen-bond acceptors (Lipinski definition) is 3. The van der Waals surface area contributed by atoms with Crippen LogP contribution in [0.25, 0.3) is 0 Å². The zero-order valence-corrected chi connectivity index (χ0v) is 9.63. The van der Waals surface area contributed by atoms with Crippen LogP contribution in [0.2, 0.25) is 5.02 Å². The summed E-state index contributed by atoms with van der Waals surface area (Å²) in [4.78, 5) is 14.5. The van der Waals surface area contributed by atoms with Crippen molar-refractivity contribution in [2.24, 2.45) is 0 Å². The third kappa shape index (κ3) is 2.46. The molecule has 0 saturated carbocycles. The van der Waals surface area contributed by atoms with Crippen molar-refractivity contribution >= 4 is 23.7 Å². The number of halogens is 1. The van der Waals surface area contributed by atoms with E-state index in [9.17, 15) is 4.79 Å². The van der Waals surface area contributed by atoms with Crippen LogP contribution < -0.4 is 5.32 Å². The Balaban J connectivity index is 3.27. The molecule has 0 saturated heterocycles. The Morgan fingerprint density at radius 1 is 1.67 bits per heavy atom. The molecule has 0 aliphatic rings. The van der Waals surface area contributed by atoms with Gasteiger partial charge in [0.2, 0.25) is 6.41 Å². The van der Waals surface area contributed by atoms with Crippen LogP contribution in [-0.2, 0) is 9.53 Å². The van der Waals surface area contributed by atoms with E-state index in [1.165, 1.54) is 0 Å². The summed E-state index contributed by atoms with van der Waals surface area (Å²) < 4.78 is 5.19. The number of nitrogens with zero attached hydrogens (tertiary/aromatic N) is 1. The molecular formula is C10H13ClN2O2. The molecule has 82 valence electrons. The number of nitrogens with one attached hydrogen (secondary N) is 1. The third-order valence-corrected chi connectivity index (χ3v) is 2.68. The van der Waals surface area contributed by atoms with E-state index >= 15 is 0 Å². The fourth-order valence-corrected chi connectivity index (χ4v) is 1.60. The van der Waals surface area contributed by atoms with Crippen LogP contribution in [0.15, 0.2) is 6.20 Å². The highest BCUT2D eigenvalue weighted by molar-refractivity contribution is 6.32. The van der Waals surface area contributed by atoms with Gasteiger partial charge in [-0.25, -0.2) is 0 Å².